The van der Waals surface area contributed by atoms with Crippen molar-refractivity contribution >= 4 is 17.6 Å². The first kappa shape index (κ1) is 13.7. The Labute approximate surface area is 123 Å². The summed E-state index contributed by atoms with van der Waals surface area (Å²) in [7, 11) is 1.59. The molecule has 2 saturated heterocycles. The van der Waals surface area contributed by atoms with Crippen molar-refractivity contribution in [2.45, 2.75) is 18.9 Å². The van der Waals surface area contributed by atoms with E-state index in [1.807, 2.05) is 23.1 Å². The van der Waals surface area contributed by atoms with Crippen molar-refractivity contribution in [3.63, 3.8) is 0 Å². The van der Waals surface area contributed by atoms with E-state index in [0.717, 1.165) is 31.6 Å². The average molecular weight is 289 g/mol. The van der Waals surface area contributed by atoms with Crippen LogP contribution in [0.15, 0.2) is 24.3 Å². The first-order valence-corrected chi connectivity index (χ1v) is 7.20. The Hall–Kier alpha value is -2.24. The van der Waals surface area contributed by atoms with E-state index in [1.54, 1.807) is 18.1 Å². The zero-order chi connectivity index (χ0) is 14.8. The van der Waals surface area contributed by atoms with Crippen LogP contribution in [-0.2, 0) is 4.79 Å². The molecule has 1 unspecified atom stereocenters. The summed E-state index contributed by atoms with van der Waals surface area (Å²) in [5, 5.41) is 2.77. The Bertz CT molecular complexity index is 555. The minimum Gasteiger partial charge on any atom is -0.497 e. The number of hydrogen-bond donors (Lipinski definition) is 1. The minimum absolute atomic E-state index is 0.0197. The Kier molecular flexibility index (Phi) is 3.68. The van der Waals surface area contributed by atoms with E-state index in [0.29, 0.717) is 12.3 Å². The number of amides is 3. The number of methoxy groups -OCH3 is 1. The molecule has 0 radical (unpaired) electrons. The highest BCUT2D eigenvalue weighted by Gasteiger charge is 2.37. The number of nitrogens with one attached hydrogen (secondary N) is 1. The minimum atomic E-state index is -0.457. The lowest BCUT2D eigenvalue weighted by molar-refractivity contribution is -0.131. The van der Waals surface area contributed by atoms with Gasteiger partial charge in [0.1, 0.15) is 11.8 Å². The maximum Gasteiger partial charge on any atom is 0.322 e. The van der Waals surface area contributed by atoms with Gasteiger partial charge in [-0.25, -0.2) is 4.79 Å². The van der Waals surface area contributed by atoms with Crippen LogP contribution in [0.3, 0.4) is 0 Å². The maximum absolute atomic E-state index is 12.4. The molecule has 1 aromatic rings. The average Bonchev–Trinajstić information content (AvgIpc) is 3.16. The number of carbonyl (C=O) groups is 2. The molecule has 1 N–H and O–H groups in total. The lowest BCUT2D eigenvalue weighted by Crippen LogP contribution is -2.44. The second-order valence-electron chi connectivity index (χ2n) is 5.35. The Morgan fingerprint density at radius 3 is 2.81 bits per heavy atom. The van der Waals surface area contributed by atoms with Crippen molar-refractivity contribution in [1.29, 1.82) is 0 Å². The monoisotopic (exact) mass is 289 g/mol. The Balaban J connectivity index is 1.73. The van der Waals surface area contributed by atoms with Crippen molar-refractivity contribution in [2.75, 3.05) is 31.6 Å². The zero-order valence-electron chi connectivity index (χ0n) is 12.0. The molecule has 6 heteroatoms. The molecule has 3 amide bonds. The van der Waals surface area contributed by atoms with Crippen molar-refractivity contribution in [2.24, 2.45) is 0 Å². The van der Waals surface area contributed by atoms with E-state index in [1.165, 1.54) is 0 Å². The smallest absolute Gasteiger partial charge is 0.322 e. The van der Waals surface area contributed by atoms with Crippen LogP contribution in [0.2, 0.25) is 0 Å². The van der Waals surface area contributed by atoms with Gasteiger partial charge >= 0.3 is 6.03 Å². The lowest BCUT2D eigenvalue weighted by atomic mass is 10.2. The molecule has 0 saturated carbocycles. The number of ether oxygens (including phenoxy) is 1. The van der Waals surface area contributed by atoms with Gasteiger partial charge in [-0.2, -0.15) is 0 Å². The second kappa shape index (κ2) is 5.63. The molecule has 6 nitrogen and oxygen atoms in total. The van der Waals surface area contributed by atoms with Gasteiger partial charge in [-0.15, -0.1) is 0 Å². The van der Waals surface area contributed by atoms with E-state index in [4.69, 9.17) is 4.74 Å². The number of nitrogens with zero attached hydrogens (tertiary/aromatic N) is 2. The summed E-state index contributed by atoms with van der Waals surface area (Å²) in [5.41, 5.74) is 0.739. The Morgan fingerprint density at radius 2 is 2.10 bits per heavy atom. The van der Waals surface area contributed by atoms with Crippen molar-refractivity contribution in [3.05, 3.63) is 24.3 Å². The fourth-order valence-corrected chi connectivity index (χ4v) is 2.84. The molecule has 0 spiro atoms. The normalized spacial score (nSPS) is 21.6. The van der Waals surface area contributed by atoms with Crippen LogP contribution >= 0.6 is 0 Å². The van der Waals surface area contributed by atoms with E-state index >= 15 is 0 Å². The Morgan fingerprint density at radius 1 is 1.33 bits per heavy atom. The number of urea groups is 1. The predicted molar refractivity (Wildman–Crippen MR) is 78.5 cm³/mol. The predicted octanol–water partition coefficient (Wildman–Crippen LogP) is 1.22. The molecule has 2 aliphatic rings. The van der Waals surface area contributed by atoms with Crippen LogP contribution in [0.25, 0.3) is 0 Å². The van der Waals surface area contributed by atoms with Gasteiger partial charge in [0, 0.05) is 24.8 Å². The van der Waals surface area contributed by atoms with Gasteiger partial charge in [0.2, 0.25) is 5.91 Å². The SMILES string of the molecule is COc1cccc(N2CC(C(=O)N3CCCC3)NC2=O)c1. The van der Waals surface area contributed by atoms with Gasteiger partial charge in [0.05, 0.1) is 13.7 Å². The van der Waals surface area contributed by atoms with Crippen LogP contribution in [0.1, 0.15) is 12.8 Å². The van der Waals surface area contributed by atoms with Gasteiger partial charge in [-0.3, -0.25) is 9.69 Å². The fraction of sp³-hybridized carbons (Fsp3) is 0.467. The highest BCUT2D eigenvalue weighted by Crippen LogP contribution is 2.24. The standard InChI is InChI=1S/C15H19N3O3/c1-21-12-6-4-5-11(9-12)18-10-13(16-15(18)20)14(19)17-7-2-3-8-17/h4-6,9,13H,2-3,7-8,10H2,1H3,(H,16,20). The van der Waals surface area contributed by atoms with Crippen LogP contribution in [0.4, 0.5) is 10.5 Å². The second-order valence-corrected chi connectivity index (χ2v) is 5.35. The highest BCUT2D eigenvalue weighted by molar-refractivity contribution is 6.00. The zero-order valence-corrected chi connectivity index (χ0v) is 12.0. The molecule has 1 atom stereocenters. The van der Waals surface area contributed by atoms with Crippen molar-refractivity contribution in [1.82, 2.24) is 10.2 Å². The molecule has 1 aromatic carbocycles. The molecule has 0 aromatic heterocycles. The molecule has 3 rings (SSSR count). The van der Waals surface area contributed by atoms with Crippen LogP contribution in [-0.4, -0.2) is 49.6 Å². The van der Waals surface area contributed by atoms with Crippen molar-refractivity contribution < 1.29 is 14.3 Å². The summed E-state index contributed by atoms with van der Waals surface area (Å²) in [5.74, 6) is 0.709. The lowest BCUT2D eigenvalue weighted by Gasteiger charge is -2.19. The fourth-order valence-electron chi connectivity index (χ4n) is 2.84. The van der Waals surface area contributed by atoms with Crippen molar-refractivity contribution in [3.8, 4) is 5.75 Å². The summed E-state index contributed by atoms with van der Waals surface area (Å²) in [6.07, 6.45) is 2.10. The molecule has 2 heterocycles. The number of likely N-dealkylation sites (tertiary alicyclic amines) is 1. The van der Waals surface area contributed by atoms with E-state index < -0.39 is 6.04 Å². The number of rotatable bonds is 3. The maximum atomic E-state index is 12.4. The molecule has 2 aliphatic heterocycles. The largest absolute Gasteiger partial charge is 0.497 e. The molecule has 2 fully saturated rings. The summed E-state index contributed by atoms with van der Waals surface area (Å²) in [6.45, 7) is 1.95. The van der Waals surface area contributed by atoms with Gasteiger partial charge in [0.25, 0.3) is 0 Å². The van der Waals surface area contributed by atoms with Gasteiger partial charge in [-0.1, -0.05) is 6.07 Å². The summed E-state index contributed by atoms with van der Waals surface area (Å²) in [6, 6.07) is 6.59. The van der Waals surface area contributed by atoms with Crippen LogP contribution in [0, 0.1) is 0 Å². The number of benzene rings is 1. The third-order valence-electron chi connectivity index (χ3n) is 3.99. The summed E-state index contributed by atoms with van der Waals surface area (Å²) >= 11 is 0. The molecule has 112 valence electrons. The van der Waals surface area contributed by atoms with Crippen LogP contribution < -0.4 is 15.0 Å². The van der Waals surface area contributed by atoms with E-state index in [-0.39, 0.29) is 11.9 Å². The third kappa shape index (κ3) is 2.66. The topological polar surface area (TPSA) is 61.9 Å². The quantitative estimate of drug-likeness (QED) is 0.910. The third-order valence-corrected chi connectivity index (χ3v) is 3.99. The number of anilines is 1. The summed E-state index contributed by atoms with van der Waals surface area (Å²) in [4.78, 5) is 27.9. The first-order chi connectivity index (χ1) is 10.2. The summed E-state index contributed by atoms with van der Waals surface area (Å²) < 4.78 is 5.17. The van der Waals surface area contributed by atoms with Gasteiger partial charge in [0.15, 0.2) is 0 Å². The van der Waals surface area contributed by atoms with E-state index in [9.17, 15) is 9.59 Å². The highest BCUT2D eigenvalue weighted by atomic mass is 16.5. The van der Waals surface area contributed by atoms with Gasteiger partial charge in [-0.05, 0) is 25.0 Å². The number of carbonyl (C=O) groups excluding carboxylic acids is 2. The van der Waals surface area contributed by atoms with E-state index in [2.05, 4.69) is 5.32 Å². The molecular weight excluding hydrogens is 270 g/mol. The first-order valence-electron chi connectivity index (χ1n) is 7.20. The van der Waals surface area contributed by atoms with Crippen LogP contribution in [0.5, 0.6) is 5.75 Å². The molecule has 0 aliphatic carbocycles. The number of hydrogen-bond acceptors (Lipinski definition) is 3. The molecular formula is C15H19N3O3. The molecule has 21 heavy (non-hydrogen) atoms. The van der Waals surface area contributed by atoms with Gasteiger partial charge < -0.3 is 15.0 Å². The molecule has 0 bridgehead atoms.